The van der Waals surface area contributed by atoms with E-state index >= 15 is 0 Å². The molecule has 0 aliphatic carbocycles. The number of aryl methyl sites for hydroxylation is 4. The van der Waals surface area contributed by atoms with Gasteiger partial charge >= 0.3 is 0 Å². The Morgan fingerprint density at radius 2 is 1.96 bits per heavy atom. The van der Waals surface area contributed by atoms with Crippen molar-refractivity contribution in [3.05, 3.63) is 55.9 Å². The first kappa shape index (κ1) is 18.8. The van der Waals surface area contributed by atoms with Gasteiger partial charge in [-0.15, -0.1) is 16.4 Å². The molecule has 0 saturated heterocycles. The molecule has 0 aliphatic rings. The molecule has 0 amide bonds. The number of nitrogens with one attached hydrogen (secondary N) is 1. The quantitative estimate of drug-likeness (QED) is 0.509. The zero-order chi connectivity index (χ0) is 20.0. The van der Waals surface area contributed by atoms with Gasteiger partial charge in [-0.05, 0) is 73.9 Å². The van der Waals surface area contributed by atoms with Crippen molar-refractivity contribution >= 4 is 33.3 Å². The summed E-state index contributed by atoms with van der Waals surface area (Å²) in [7, 11) is 0. The summed E-state index contributed by atoms with van der Waals surface area (Å²) >= 11 is 3.01. The van der Waals surface area contributed by atoms with E-state index in [1.165, 1.54) is 22.9 Å². The molecule has 1 unspecified atom stereocenters. The van der Waals surface area contributed by atoms with Gasteiger partial charge < -0.3 is 4.98 Å². The average Bonchev–Trinajstić information content (AvgIpc) is 3.22. The normalized spacial score (nSPS) is 12.6. The van der Waals surface area contributed by atoms with Crippen LogP contribution in [0.25, 0.3) is 15.9 Å². The highest BCUT2D eigenvalue weighted by molar-refractivity contribution is 7.99. The second kappa shape index (κ2) is 7.14. The van der Waals surface area contributed by atoms with Gasteiger partial charge in [-0.25, -0.2) is 4.98 Å². The number of aromatic amines is 1. The van der Waals surface area contributed by atoms with Crippen LogP contribution in [-0.2, 0) is 0 Å². The Bertz CT molecular complexity index is 1240. The monoisotopic (exact) mass is 412 g/mol. The van der Waals surface area contributed by atoms with E-state index in [0.29, 0.717) is 16.4 Å². The maximum Gasteiger partial charge on any atom is 0.259 e. The standard InChI is InChI=1S/C19H20N6OS2/c1-9-6-7-14(8-10(9)2)25-19(22-23-24-25)28-13(5)16-20-17(26)15-11(3)12(4)27-18(15)21-16/h6-8,13H,1-5H3,(H,20,21,26). The van der Waals surface area contributed by atoms with Crippen molar-refractivity contribution in [2.24, 2.45) is 0 Å². The minimum atomic E-state index is -0.115. The molecule has 0 aliphatic heterocycles. The van der Waals surface area contributed by atoms with E-state index in [-0.39, 0.29) is 10.8 Å². The second-order valence-electron chi connectivity index (χ2n) is 6.82. The maximum atomic E-state index is 12.6. The Balaban J connectivity index is 1.67. The number of tetrazole rings is 1. The Hall–Kier alpha value is -2.52. The lowest BCUT2D eigenvalue weighted by Crippen LogP contribution is -2.12. The summed E-state index contributed by atoms with van der Waals surface area (Å²) in [6.45, 7) is 10.1. The number of H-pyrrole nitrogens is 1. The molecule has 1 N–H and O–H groups in total. The third-order valence-corrected chi connectivity index (χ3v) is 7.04. The molecular formula is C19H20N6OS2. The lowest BCUT2D eigenvalue weighted by Gasteiger charge is -2.11. The number of thiophene rings is 1. The van der Waals surface area contributed by atoms with Gasteiger partial charge in [-0.1, -0.05) is 17.8 Å². The molecule has 1 atom stereocenters. The summed E-state index contributed by atoms with van der Waals surface area (Å²) in [5.74, 6) is 0.624. The molecule has 0 spiro atoms. The van der Waals surface area contributed by atoms with Crippen LogP contribution in [0.15, 0.2) is 28.2 Å². The summed E-state index contributed by atoms with van der Waals surface area (Å²) in [6.07, 6.45) is 0. The largest absolute Gasteiger partial charge is 0.309 e. The molecular weight excluding hydrogens is 392 g/mol. The summed E-state index contributed by atoms with van der Waals surface area (Å²) in [6, 6.07) is 6.11. The van der Waals surface area contributed by atoms with Crippen LogP contribution < -0.4 is 5.56 Å². The average molecular weight is 413 g/mol. The number of fused-ring (bicyclic) bond motifs is 1. The molecule has 1 aromatic carbocycles. The Morgan fingerprint density at radius 1 is 1.18 bits per heavy atom. The fourth-order valence-electron chi connectivity index (χ4n) is 2.95. The molecule has 7 nitrogen and oxygen atoms in total. The third-order valence-electron chi connectivity index (χ3n) is 4.90. The molecule has 28 heavy (non-hydrogen) atoms. The van der Waals surface area contributed by atoms with E-state index in [2.05, 4.69) is 46.5 Å². The smallest absolute Gasteiger partial charge is 0.259 e. The maximum absolute atomic E-state index is 12.6. The van der Waals surface area contributed by atoms with Crippen molar-refractivity contribution in [1.29, 1.82) is 0 Å². The lowest BCUT2D eigenvalue weighted by molar-refractivity contribution is 0.753. The third kappa shape index (κ3) is 3.24. The van der Waals surface area contributed by atoms with Gasteiger partial charge in [0.05, 0.1) is 16.3 Å². The highest BCUT2D eigenvalue weighted by Crippen LogP contribution is 2.34. The molecule has 4 aromatic rings. The summed E-state index contributed by atoms with van der Waals surface area (Å²) in [5, 5.41) is 13.3. The van der Waals surface area contributed by atoms with E-state index in [1.807, 2.05) is 26.8 Å². The minimum absolute atomic E-state index is 0.0944. The first-order valence-corrected chi connectivity index (χ1v) is 10.6. The second-order valence-corrected chi connectivity index (χ2v) is 9.33. The highest BCUT2D eigenvalue weighted by Gasteiger charge is 2.19. The van der Waals surface area contributed by atoms with E-state index in [0.717, 1.165) is 21.0 Å². The zero-order valence-electron chi connectivity index (χ0n) is 16.3. The summed E-state index contributed by atoms with van der Waals surface area (Å²) in [5.41, 5.74) is 4.21. The number of nitrogens with zero attached hydrogens (tertiary/aromatic N) is 5. The van der Waals surface area contributed by atoms with Gasteiger partial charge in [0.15, 0.2) is 0 Å². The van der Waals surface area contributed by atoms with Crippen LogP contribution in [0.4, 0.5) is 0 Å². The summed E-state index contributed by atoms with van der Waals surface area (Å²) < 4.78 is 1.71. The number of rotatable bonds is 4. The number of benzene rings is 1. The van der Waals surface area contributed by atoms with Crippen LogP contribution in [-0.4, -0.2) is 30.2 Å². The van der Waals surface area contributed by atoms with Crippen LogP contribution >= 0.6 is 23.1 Å². The molecule has 0 saturated carbocycles. The number of thioether (sulfide) groups is 1. The molecule has 3 aromatic heterocycles. The topological polar surface area (TPSA) is 89.3 Å². The van der Waals surface area contributed by atoms with Gasteiger partial charge in [-0.2, -0.15) is 4.68 Å². The van der Waals surface area contributed by atoms with E-state index in [9.17, 15) is 4.79 Å². The zero-order valence-corrected chi connectivity index (χ0v) is 17.9. The fraction of sp³-hybridized carbons (Fsp3) is 0.316. The highest BCUT2D eigenvalue weighted by atomic mass is 32.2. The van der Waals surface area contributed by atoms with Crippen molar-refractivity contribution in [2.45, 2.75) is 45.0 Å². The van der Waals surface area contributed by atoms with Crippen molar-refractivity contribution in [3.63, 3.8) is 0 Å². The lowest BCUT2D eigenvalue weighted by atomic mass is 10.1. The molecule has 0 bridgehead atoms. The molecule has 0 radical (unpaired) electrons. The van der Waals surface area contributed by atoms with Gasteiger partial charge in [-0.3, -0.25) is 4.79 Å². The van der Waals surface area contributed by atoms with Gasteiger partial charge in [0.2, 0.25) is 5.16 Å². The predicted molar refractivity (Wildman–Crippen MR) is 113 cm³/mol. The number of aromatic nitrogens is 6. The van der Waals surface area contributed by atoms with Crippen LogP contribution in [0.1, 0.15) is 39.6 Å². The molecule has 3 heterocycles. The number of hydrogen-bond acceptors (Lipinski definition) is 7. The Kier molecular flexibility index (Phi) is 4.80. The first-order valence-electron chi connectivity index (χ1n) is 8.87. The van der Waals surface area contributed by atoms with Crippen molar-refractivity contribution in [3.8, 4) is 5.69 Å². The van der Waals surface area contributed by atoms with Crippen LogP contribution in [0.3, 0.4) is 0 Å². The molecule has 4 rings (SSSR count). The van der Waals surface area contributed by atoms with Gasteiger partial charge in [0.25, 0.3) is 5.56 Å². The first-order chi connectivity index (χ1) is 13.3. The number of hydrogen-bond donors (Lipinski definition) is 1. The summed E-state index contributed by atoms with van der Waals surface area (Å²) in [4.78, 5) is 22.1. The Labute approximate surface area is 170 Å². The molecule has 9 heteroatoms. The Morgan fingerprint density at radius 3 is 2.71 bits per heavy atom. The minimum Gasteiger partial charge on any atom is -0.309 e. The SMILES string of the molecule is Cc1ccc(-n2nnnc2SC(C)c2nc3sc(C)c(C)c3c(=O)[nH]2)cc1C. The van der Waals surface area contributed by atoms with Gasteiger partial charge in [0, 0.05) is 4.88 Å². The molecule has 144 valence electrons. The van der Waals surface area contributed by atoms with Crippen LogP contribution in [0.2, 0.25) is 0 Å². The molecule has 0 fully saturated rings. The predicted octanol–water partition coefficient (Wildman–Crippen LogP) is 4.05. The van der Waals surface area contributed by atoms with Crippen molar-refractivity contribution < 1.29 is 0 Å². The van der Waals surface area contributed by atoms with Crippen molar-refractivity contribution in [1.82, 2.24) is 30.2 Å². The van der Waals surface area contributed by atoms with E-state index in [1.54, 1.807) is 16.0 Å². The van der Waals surface area contributed by atoms with E-state index in [4.69, 9.17) is 4.98 Å². The van der Waals surface area contributed by atoms with Gasteiger partial charge in [0.1, 0.15) is 10.7 Å². The van der Waals surface area contributed by atoms with E-state index < -0.39 is 0 Å². The fourth-order valence-corrected chi connectivity index (χ4v) is 4.85. The van der Waals surface area contributed by atoms with Crippen LogP contribution in [0.5, 0.6) is 0 Å². The van der Waals surface area contributed by atoms with Crippen molar-refractivity contribution in [2.75, 3.05) is 0 Å². The van der Waals surface area contributed by atoms with Crippen LogP contribution in [0, 0.1) is 27.7 Å².